The van der Waals surface area contributed by atoms with Crippen LogP contribution in [0.25, 0.3) is 0 Å². The summed E-state index contributed by atoms with van der Waals surface area (Å²) in [4.78, 5) is 31.7. The number of allylic oxidation sites excluding steroid dienone is 3. The molecule has 0 amide bonds. The zero-order chi connectivity index (χ0) is 19.0. The van der Waals surface area contributed by atoms with Gasteiger partial charge >= 0.3 is 0 Å². The first kappa shape index (κ1) is 17.4. The van der Waals surface area contributed by atoms with Gasteiger partial charge in [-0.3, -0.25) is 19.3 Å². The number of carbonyl (C=O) groups excluding carboxylic acids is 1. The van der Waals surface area contributed by atoms with E-state index in [2.05, 4.69) is 15.3 Å². The van der Waals surface area contributed by atoms with E-state index in [1.54, 1.807) is 16.6 Å². The molecule has 9 heteroatoms. The van der Waals surface area contributed by atoms with Crippen molar-refractivity contribution in [3.63, 3.8) is 0 Å². The van der Waals surface area contributed by atoms with E-state index in [1.165, 1.54) is 12.1 Å². The summed E-state index contributed by atoms with van der Waals surface area (Å²) in [6, 6.07) is 6.03. The fourth-order valence-electron chi connectivity index (χ4n) is 3.53. The maximum Gasteiger partial charge on any atom is 0.269 e. The molecule has 2 heterocycles. The van der Waals surface area contributed by atoms with E-state index < -0.39 is 10.3 Å². The van der Waals surface area contributed by atoms with Crippen LogP contribution in [0.5, 0.6) is 0 Å². The van der Waals surface area contributed by atoms with Crippen molar-refractivity contribution >= 4 is 40.6 Å². The Kier molecular flexibility index (Phi) is 4.27. The lowest BCUT2D eigenvalue weighted by Crippen LogP contribution is -2.44. The highest BCUT2D eigenvalue weighted by molar-refractivity contribution is 6.18. The number of halogens is 1. The van der Waals surface area contributed by atoms with Gasteiger partial charge in [0.1, 0.15) is 5.78 Å². The van der Waals surface area contributed by atoms with Crippen molar-refractivity contribution in [2.45, 2.75) is 12.8 Å². The average molecular weight is 386 g/mol. The SMILES string of the molecule is O=C1CCN(Cl)C2=CC=CC3=NC(Nc4ccc([N+](=O)[O-])cc4)=NCC23C1. The standard InChI is InChI=1S/C18H16ClN5O3/c19-23-9-8-14(25)10-18-11-20-17(22-15(18)2-1-3-16(18)23)21-12-4-6-13(7-5-12)24(26)27/h1-7H,8-11H2,(H,20,21). The lowest BCUT2D eigenvalue weighted by molar-refractivity contribution is -0.384. The Bertz CT molecular complexity index is 935. The molecule has 3 aliphatic rings. The number of nitro groups is 1. The molecule has 0 saturated carbocycles. The number of guanidine groups is 1. The van der Waals surface area contributed by atoms with Gasteiger partial charge in [-0.1, -0.05) is 6.08 Å². The minimum Gasteiger partial charge on any atom is -0.324 e. The number of hydrogen-bond donors (Lipinski definition) is 1. The van der Waals surface area contributed by atoms with Crippen LogP contribution in [0.2, 0.25) is 0 Å². The summed E-state index contributed by atoms with van der Waals surface area (Å²) in [5.41, 5.74) is 1.60. The highest BCUT2D eigenvalue weighted by Gasteiger charge is 2.47. The van der Waals surface area contributed by atoms with Crippen molar-refractivity contribution in [3.8, 4) is 0 Å². The number of nitrogens with one attached hydrogen (secondary N) is 1. The molecule has 0 aromatic heterocycles. The molecule has 1 aromatic carbocycles. The van der Waals surface area contributed by atoms with E-state index in [0.29, 0.717) is 37.6 Å². The highest BCUT2D eigenvalue weighted by atomic mass is 35.5. The summed E-state index contributed by atoms with van der Waals surface area (Å²) in [6.45, 7) is 0.818. The van der Waals surface area contributed by atoms with E-state index in [-0.39, 0.29) is 11.5 Å². The molecule has 138 valence electrons. The molecule has 1 unspecified atom stereocenters. The van der Waals surface area contributed by atoms with Crippen molar-refractivity contribution in [2.24, 2.45) is 15.4 Å². The number of anilines is 1. The summed E-state index contributed by atoms with van der Waals surface area (Å²) in [6.07, 6.45) is 6.37. The Balaban J connectivity index is 1.61. The number of nitro benzene ring substituents is 1. The lowest BCUT2D eigenvalue weighted by Gasteiger charge is -2.39. The average Bonchev–Trinajstić information content (AvgIpc) is 2.78. The van der Waals surface area contributed by atoms with Gasteiger partial charge in [0, 0.05) is 54.7 Å². The Hall–Kier alpha value is -3.00. The van der Waals surface area contributed by atoms with Gasteiger partial charge in [0.25, 0.3) is 5.69 Å². The second-order valence-electron chi connectivity index (χ2n) is 6.61. The van der Waals surface area contributed by atoms with Crippen LogP contribution in [0.1, 0.15) is 12.8 Å². The van der Waals surface area contributed by atoms with Crippen molar-refractivity contribution in [1.82, 2.24) is 4.42 Å². The van der Waals surface area contributed by atoms with Gasteiger partial charge in [-0.2, -0.15) is 0 Å². The molecule has 1 N–H and O–H groups in total. The fourth-order valence-corrected chi connectivity index (χ4v) is 3.83. The van der Waals surface area contributed by atoms with Crippen LogP contribution in [-0.2, 0) is 4.79 Å². The second kappa shape index (κ2) is 6.62. The number of ketones is 1. The van der Waals surface area contributed by atoms with Crippen molar-refractivity contribution in [3.05, 3.63) is 58.3 Å². The molecule has 1 aliphatic carbocycles. The third-order valence-corrected chi connectivity index (χ3v) is 5.25. The number of nitrogens with zero attached hydrogens (tertiary/aromatic N) is 4. The Morgan fingerprint density at radius 3 is 2.81 bits per heavy atom. The summed E-state index contributed by atoms with van der Waals surface area (Å²) in [5.74, 6) is 0.530. The van der Waals surface area contributed by atoms with Crippen LogP contribution in [0.3, 0.4) is 0 Å². The maximum absolute atomic E-state index is 12.3. The molecular weight excluding hydrogens is 370 g/mol. The first-order valence-corrected chi connectivity index (χ1v) is 8.81. The first-order valence-electron chi connectivity index (χ1n) is 8.47. The van der Waals surface area contributed by atoms with Crippen LogP contribution >= 0.6 is 11.8 Å². The van der Waals surface area contributed by atoms with Crippen molar-refractivity contribution in [1.29, 1.82) is 0 Å². The number of benzene rings is 1. The van der Waals surface area contributed by atoms with E-state index >= 15 is 0 Å². The molecule has 1 fully saturated rings. The van der Waals surface area contributed by atoms with Crippen LogP contribution < -0.4 is 5.32 Å². The van der Waals surface area contributed by atoms with Gasteiger partial charge in [-0.25, -0.2) is 9.98 Å². The molecule has 1 atom stereocenters. The van der Waals surface area contributed by atoms with E-state index in [9.17, 15) is 14.9 Å². The maximum atomic E-state index is 12.3. The first-order chi connectivity index (χ1) is 13.0. The minimum absolute atomic E-state index is 0.0144. The summed E-state index contributed by atoms with van der Waals surface area (Å²) in [5, 5.41) is 13.8. The number of non-ortho nitro benzene ring substituents is 1. The number of carbonyl (C=O) groups is 1. The molecule has 2 aliphatic heterocycles. The number of hydrogen-bond acceptors (Lipinski definition) is 7. The van der Waals surface area contributed by atoms with Gasteiger partial charge in [0.15, 0.2) is 0 Å². The summed E-state index contributed by atoms with van der Waals surface area (Å²) in [7, 11) is 0. The summed E-state index contributed by atoms with van der Waals surface area (Å²) >= 11 is 6.39. The zero-order valence-corrected chi connectivity index (χ0v) is 15.0. The monoisotopic (exact) mass is 385 g/mol. The normalized spacial score (nSPS) is 24.1. The molecule has 4 rings (SSSR count). The number of rotatable bonds is 2. The second-order valence-corrected chi connectivity index (χ2v) is 7.02. The molecule has 1 aromatic rings. The van der Waals surface area contributed by atoms with Crippen LogP contribution in [-0.4, -0.2) is 39.9 Å². The van der Waals surface area contributed by atoms with Crippen molar-refractivity contribution in [2.75, 3.05) is 18.4 Å². The molecule has 0 radical (unpaired) electrons. The van der Waals surface area contributed by atoms with Gasteiger partial charge in [0.05, 0.1) is 22.6 Å². The van der Waals surface area contributed by atoms with Crippen LogP contribution in [0, 0.1) is 15.5 Å². The minimum atomic E-state index is -0.634. The molecule has 27 heavy (non-hydrogen) atoms. The van der Waals surface area contributed by atoms with Gasteiger partial charge in [0.2, 0.25) is 5.96 Å². The molecular formula is C18H16ClN5O3. The number of aliphatic imine (C=N–C) groups is 2. The third-order valence-electron chi connectivity index (χ3n) is 4.90. The van der Waals surface area contributed by atoms with Crippen LogP contribution in [0.4, 0.5) is 11.4 Å². The predicted molar refractivity (Wildman–Crippen MR) is 103 cm³/mol. The van der Waals surface area contributed by atoms with E-state index in [1.807, 2.05) is 18.2 Å². The third kappa shape index (κ3) is 3.12. The smallest absolute Gasteiger partial charge is 0.269 e. The predicted octanol–water partition coefficient (Wildman–Crippen LogP) is 3.08. The van der Waals surface area contributed by atoms with Gasteiger partial charge < -0.3 is 5.32 Å². The molecule has 8 nitrogen and oxygen atoms in total. The highest BCUT2D eigenvalue weighted by Crippen LogP contribution is 2.43. The molecule has 1 spiro atoms. The largest absolute Gasteiger partial charge is 0.324 e. The lowest BCUT2D eigenvalue weighted by atomic mass is 9.72. The van der Waals surface area contributed by atoms with Gasteiger partial charge in [-0.15, -0.1) is 0 Å². The zero-order valence-electron chi connectivity index (χ0n) is 14.3. The van der Waals surface area contributed by atoms with Gasteiger partial charge in [-0.05, 0) is 24.3 Å². The number of Topliss-reactive ketones (excluding diaryl/α,β-unsaturated/α-hetero) is 1. The fraction of sp³-hybridized carbons (Fsp3) is 0.278. The molecule has 1 saturated heterocycles. The summed E-state index contributed by atoms with van der Waals surface area (Å²) < 4.78 is 1.59. The quantitative estimate of drug-likeness (QED) is 0.479. The topological polar surface area (TPSA) is 100 Å². The Morgan fingerprint density at radius 2 is 2.07 bits per heavy atom. The van der Waals surface area contributed by atoms with Crippen LogP contribution in [0.15, 0.2) is 58.2 Å². The Morgan fingerprint density at radius 1 is 1.30 bits per heavy atom. The Labute approximate surface area is 160 Å². The van der Waals surface area contributed by atoms with Crippen molar-refractivity contribution < 1.29 is 9.72 Å². The van der Waals surface area contributed by atoms with E-state index in [4.69, 9.17) is 11.8 Å². The molecule has 0 bridgehead atoms. The van der Waals surface area contributed by atoms with E-state index in [0.717, 1.165) is 11.4 Å².